The lowest BCUT2D eigenvalue weighted by Crippen LogP contribution is -2.29. The summed E-state index contributed by atoms with van der Waals surface area (Å²) in [5, 5.41) is 4.15. The largest absolute Gasteiger partial charge is 0.302 e. The van der Waals surface area contributed by atoms with Crippen LogP contribution in [-0.4, -0.2) is 11.0 Å². The van der Waals surface area contributed by atoms with E-state index in [1.807, 2.05) is 20.8 Å². The van der Waals surface area contributed by atoms with Crippen molar-refractivity contribution in [3.63, 3.8) is 0 Å². The van der Waals surface area contributed by atoms with Crippen LogP contribution in [0.4, 0.5) is 8.78 Å². The molecule has 1 N–H and O–H groups in total. The summed E-state index contributed by atoms with van der Waals surface area (Å²) >= 11 is 1.56. The van der Waals surface area contributed by atoms with Gasteiger partial charge in [-0.2, -0.15) is 0 Å². The fourth-order valence-electron chi connectivity index (χ4n) is 2.26. The summed E-state index contributed by atoms with van der Waals surface area (Å²) in [7, 11) is 0. The molecule has 0 spiro atoms. The normalized spacial score (nSPS) is 12.9. The van der Waals surface area contributed by atoms with E-state index in [1.165, 1.54) is 12.1 Å². The average molecular weight is 310 g/mol. The van der Waals surface area contributed by atoms with Crippen molar-refractivity contribution in [2.75, 3.05) is 0 Å². The molecule has 0 aliphatic carbocycles. The molecule has 5 heteroatoms. The van der Waals surface area contributed by atoms with Crippen LogP contribution in [0.15, 0.2) is 18.2 Å². The maximum atomic E-state index is 14.1. The molecule has 2 aromatic rings. The Bertz CT molecular complexity index is 623. The van der Waals surface area contributed by atoms with Crippen molar-refractivity contribution >= 4 is 11.3 Å². The highest BCUT2D eigenvalue weighted by molar-refractivity contribution is 7.11. The van der Waals surface area contributed by atoms with Crippen LogP contribution in [0.2, 0.25) is 0 Å². The zero-order chi connectivity index (χ0) is 15.6. The molecular weight excluding hydrogens is 290 g/mol. The lowest BCUT2D eigenvalue weighted by Gasteiger charge is -2.20. The molecule has 0 saturated heterocycles. The van der Waals surface area contributed by atoms with Crippen molar-refractivity contribution in [1.82, 2.24) is 10.3 Å². The molecule has 21 heavy (non-hydrogen) atoms. The summed E-state index contributed by atoms with van der Waals surface area (Å²) in [5.41, 5.74) is 1.47. The summed E-state index contributed by atoms with van der Waals surface area (Å²) < 4.78 is 27.2. The van der Waals surface area contributed by atoms with Crippen molar-refractivity contribution in [2.24, 2.45) is 0 Å². The highest BCUT2D eigenvalue weighted by atomic mass is 32.1. The minimum atomic E-state index is -0.566. The molecule has 0 aliphatic heterocycles. The van der Waals surface area contributed by atoms with E-state index in [0.717, 1.165) is 28.1 Å². The molecule has 114 valence electrons. The number of hydrogen-bond acceptors (Lipinski definition) is 3. The average Bonchev–Trinajstić information content (AvgIpc) is 2.77. The van der Waals surface area contributed by atoms with Crippen molar-refractivity contribution in [3.8, 4) is 0 Å². The highest BCUT2D eigenvalue weighted by Crippen LogP contribution is 2.30. The summed E-state index contributed by atoms with van der Waals surface area (Å²) in [5.74, 6) is -1.11. The van der Waals surface area contributed by atoms with Crippen LogP contribution in [0.3, 0.4) is 0 Å². The van der Waals surface area contributed by atoms with Gasteiger partial charge in [0.2, 0.25) is 0 Å². The first-order chi connectivity index (χ1) is 9.92. The molecule has 0 saturated carbocycles. The summed E-state index contributed by atoms with van der Waals surface area (Å²) in [6.07, 6.45) is 0.850. The number of halogens is 2. The number of hydrogen-bond donors (Lipinski definition) is 1. The number of aryl methyl sites for hydroxylation is 2. The minimum absolute atomic E-state index is 0.161. The zero-order valence-corrected chi connectivity index (χ0v) is 13.5. The lowest BCUT2D eigenvalue weighted by molar-refractivity contribution is 0.496. The third-order valence-electron chi connectivity index (χ3n) is 3.26. The standard InChI is InChI=1S/C16H20F2N2S/c1-5-14-10(4)21-16(20-14)15(19-9(2)3)12-7-6-11(17)8-13(12)18/h6-9,15,19H,5H2,1-4H3. The molecule has 0 aliphatic rings. The van der Waals surface area contributed by atoms with Crippen LogP contribution >= 0.6 is 11.3 Å². The number of nitrogens with one attached hydrogen (secondary N) is 1. The van der Waals surface area contributed by atoms with Crippen LogP contribution < -0.4 is 5.32 Å². The van der Waals surface area contributed by atoms with Gasteiger partial charge in [0.15, 0.2) is 0 Å². The first-order valence-corrected chi connectivity index (χ1v) is 7.91. The van der Waals surface area contributed by atoms with E-state index in [9.17, 15) is 8.78 Å². The Morgan fingerprint density at radius 1 is 1.29 bits per heavy atom. The van der Waals surface area contributed by atoms with Crippen molar-refractivity contribution in [1.29, 1.82) is 0 Å². The molecule has 1 aromatic heterocycles. The molecule has 0 bridgehead atoms. The second-order valence-corrected chi connectivity index (χ2v) is 6.56. The monoisotopic (exact) mass is 310 g/mol. The fraction of sp³-hybridized carbons (Fsp3) is 0.438. The molecule has 0 fully saturated rings. The number of benzene rings is 1. The first kappa shape index (κ1) is 16.0. The predicted octanol–water partition coefficient (Wildman–Crippen LogP) is 4.38. The number of rotatable bonds is 5. The Labute approximate surface area is 128 Å². The van der Waals surface area contributed by atoms with Gasteiger partial charge in [-0.3, -0.25) is 0 Å². The van der Waals surface area contributed by atoms with Crippen LogP contribution in [0.1, 0.15) is 48.0 Å². The lowest BCUT2D eigenvalue weighted by atomic mass is 10.1. The van der Waals surface area contributed by atoms with Crippen molar-refractivity contribution in [3.05, 3.63) is 51.0 Å². The van der Waals surface area contributed by atoms with E-state index in [2.05, 4.69) is 17.2 Å². The van der Waals surface area contributed by atoms with Gasteiger partial charge < -0.3 is 5.32 Å². The number of thiazole rings is 1. The van der Waals surface area contributed by atoms with Crippen LogP contribution in [0, 0.1) is 18.6 Å². The van der Waals surface area contributed by atoms with Gasteiger partial charge in [0.25, 0.3) is 0 Å². The van der Waals surface area contributed by atoms with Crippen LogP contribution in [0.25, 0.3) is 0 Å². The second kappa shape index (κ2) is 6.62. The van der Waals surface area contributed by atoms with Crippen molar-refractivity contribution < 1.29 is 8.78 Å². The predicted molar refractivity (Wildman–Crippen MR) is 82.7 cm³/mol. The molecule has 1 aromatic carbocycles. The van der Waals surface area contributed by atoms with Gasteiger partial charge in [-0.25, -0.2) is 13.8 Å². The zero-order valence-electron chi connectivity index (χ0n) is 12.7. The minimum Gasteiger partial charge on any atom is -0.302 e. The van der Waals surface area contributed by atoms with E-state index in [0.29, 0.717) is 5.56 Å². The Balaban J connectivity index is 2.46. The van der Waals surface area contributed by atoms with Gasteiger partial charge in [0.05, 0.1) is 11.7 Å². The second-order valence-electron chi connectivity index (χ2n) is 5.33. The van der Waals surface area contributed by atoms with Gasteiger partial charge >= 0.3 is 0 Å². The van der Waals surface area contributed by atoms with E-state index in [-0.39, 0.29) is 12.1 Å². The molecule has 1 atom stereocenters. The molecule has 0 amide bonds. The summed E-state index contributed by atoms with van der Waals surface area (Å²) in [6, 6.07) is 3.51. The van der Waals surface area contributed by atoms with Gasteiger partial charge in [0.1, 0.15) is 16.6 Å². The summed E-state index contributed by atoms with van der Waals surface area (Å²) in [6.45, 7) is 8.06. The molecular formula is C16H20F2N2S. The van der Waals surface area contributed by atoms with Gasteiger partial charge in [-0.15, -0.1) is 11.3 Å². The maximum Gasteiger partial charge on any atom is 0.131 e. The Kier molecular flexibility index (Phi) is 5.06. The number of nitrogens with zero attached hydrogens (tertiary/aromatic N) is 1. The molecule has 0 radical (unpaired) electrons. The van der Waals surface area contributed by atoms with Gasteiger partial charge in [0, 0.05) is 22.5 Å². The molecule has 2 nitrogen and oxygen atoms in total. The summed E-state index contributed by atoms with van der Waals surface area (Å²) in [4.78, 5) is 5.76. The Hall–Kier alpha value is -1.33. The SMILES string of the molecule is CCc1nc(C(NC(C)C)c2ccc(F)cc2F)sc1C. The van der Waals surface area contributed by atoms with E-state index >= 15 is 0 Å². The third kappa shape index (κ3) is 3.66. The Morgan fingerprint density at radius 3 is 2.52 bits per heavy atom. The van der Waals surface area contributed by atoms with Crippen LogP contribution in [0.5, 0.6) is 0 Å². The maximum absolute atomic E-state index is 14.1. The quantitative estimate of drug-likeness (QED) is 0.886. The van der Waals surface area contributed by atoms with E-state index in [1.54, 1.807) is 11.3 Å². The number of aromatic nitrogens is 1. The fourth-order valence-corrected chi connectivity index (χ4v) is 3.36. The first-order valence-electron chi connectivity index (χ1n) is 7.09. The van der Waals surface area contributed by atoms with Crippen LogP contribution in [-0.2, 0) is 6.42 Å². The molecule has 1 unspecified atom stereocenters. The third-order valence-corrected chi connectivity index (χ3v) is 4.34. The topological polar surface area (TPSA) is 24.9 Å². The van der Waals surface area contributed by atoms with E-state index in [4.69, 9.17) is 0 Å². The Morgan fingerprint density at radius 2 is 2.00 bits per heavy atom. The van der Waals surface area contributed by atoms with Crippen molar-refractivity contribution in [2.45, 2.75) is 46.2 Å². The van der Waals surface area contributed by atoms with Gasteiger partial charge in [-0.1, -0.05) is 13.0 Å². The van der Waals surface area contributed by atoms with E-state index < -0.39 is 11.6 Å². The highest BCUT2D eigenvalue weighted by Gasteiger charge is 2.23. The molecule has 1 heterocycles. The smallest absolute Gasteiger partial charge is 0.131 e. The van der Waals surface area contributed by atoms with Gasteiger partial charge in [-0.05, 0) is 33.3 Å². The molecule has 2 rings (SSSR count).